The minimum absolute atomic E-state index is 0.189. The van der Waals surface area contributed by atoms with Gasteiger partial charge in [0.1, 0.15) is 5.75 Å². The Hall–Kier alpha value is -2.16. The summed E-state index contributed by atoms with van der Waals surface area (Å²) in [5.74, 6) is -0.207. The van der Waals surface area contributed by atoms with E-state index in [-0.39, 0.29) is 12.5 Å². The standard InChI is InChI=1S/C21H18BrNO4S2/c1-12-4-6-16(13(2)8-12)23-20(25)18(29-21(23)28)10-14-9-15(22)5-7-17(14)27-11-19(24)26-3/h4-10H,11H2,1-3H3/b18-10-. The van der Waals surface area contributed by atoms with E-state index in [0.29, 0.717) is 20.5 Å². The van der Waals surface area contributed by atoms with Crippen molar-refractivity contribution < 1.29 is 19.1 Å². The van der Waals surface area contributed by atoms with Gasteiger partial charge < -0.3 is 9.47 Å². The largest absolute Gasteiger partial charge is 0.481 e. The molecule has 2 aromatic rings. The lowest BCUT2D eigenvalue weighted by Crippen LogP contribution is -2.28. The molecule has 1 heterocycles. The second kappa shape index (κ2) is 9.11. The summed E-state index contributed by atoms with van der Waals surface area (Å²) in [5, 5.41) is 0. The molecule has 0 bridgehead atoms. The summed E-state index contributed by atoms with van der Waals surface area (Å²) in [6, 6.07) is 11.2. The maximum Gasteiger partial charge on any atom is 0.343 e. The number of carbonyl (C=O) groups is 2. The topological polar surface area (TPSA) is 55.8 Å². The van der Waals surface area contributed by atoms with E-state index in [2.05, 4.69) is 20.7 Å². The Bertz CT molecular complexity index is 1040. The van der Waals surface area contributed by atoms with E-state index in [1.54, 1.807) is 23.1 Å². The highest BCUT2D eigenvalue weighted by Gasteiger charge is 2.34. The van der Waals surface area contributed by atoms with Gasteiger partial charge in [0.05, 0.1) is 17.7 Å². The Labute approximate surface area is 187 Å². The molecule has 0 saturated carbocycles. The summed E-state index contributed by atoms with van der Waals surface area (Å²) >= 11 is 10.1. The summed E-state index contributed by atoms with van der Waals surface area (Å²) in [4.78, 5) is 26.5. The number of rotatable bonds is 5. The van der Waals surface area contributed by atoms with Crippen molar-refractivity contribution in [3.63, 3.8) is 0 Å². The molecule has 0 N–H and O–H groups in total. The third-order valence-corrected chi connectivity index (χ3v) is 6.01. The number of anilines is 1. The summed E-state index contributed by atoms with van der Waals surface area (Å²) in [5.41, 5.74) is 3.53. The van der Waals surface area contributed by atoms with Crippen LogP contribution in [0, 0.1) is 13.8 Å². The van der Waals surface area contributed by atoms with Crippen LogP contribution in [0.5, 0.6) is 5.75 Å². The Kier molecular flexibility index (Phi) is 6.77. The molecule has 0 aromatic heterocycles. The molecule has 0 spiro atoms. The Morgan fingerprint density at radius 3 is 2.69 bits per heavy atom. The number of hydrogen-bond acceptors (Lipinski definition) is 6. The number of halogens is 1. The molecule has 0 atom stereocenters. The fraction of sp³-hybridized carbons (Fsp3) is 0.190. The molecular formula is C21H18BrNO4S2. The highest BCUT2D eigenvalue weighted by Crippen LogP contribution is 2.38. The van der Waals surface area contributed by atoms with Crippen LogP contribution in [0.4, 0.5) is 5.69 Å². The van der Waals surface area contributed by atoms with E-state index < -0.39 is 5.97 Å². The Morgan fingerprint density at radius 2 is 2.00 bits per heavy atom. The maximum absolute atomic E-state index is 13.1. The summed E-state index contributed by atoms with van der Waals surface area (Å²) in [7, 11) is 1.30. The number of esters is 1. The number of ether oxygens (including phenoxy) is 2. The van der Waals surface area contributed by atoms with Gasteiger partial charge in [-0.2, -0.15) is 0 Å². The van der Waals surface area contributed by atoms with Crippen molar-refractivity contribution in [1.29, 1.82) is 0 Å². The normalized spacial score (nSPS) is 15.2. The van der Waals surface area contributed by atoms with Crippen molar-refractivity contribution in [3.05, 3.63) is 62.5 Å². The molecule has 1 amide bonds. The molecule has 3 rings (SSSR count). The van der Waals surface area contributed by atoms with Gasteiger partial charge in [-0.15, -0.1) is 0 Å². The number of methoxy groups -OCH3 is 1. The summed E-state index contributed by atoms with van der Waals surface area (Å²) in [6.07, 6.45) is 1.72. The number of hydrogen-bond donors (Lipinski definition) is 0. The van der Waals surface area contributed by atoms with Crippen LogP contribution in [0.1, 0.15) is 16.7 Å². The van der Waals surface area contributed by atoms with Crippen LogP contribution in [-0.4, -0.2) is 29.9 Å². The number of thiocarbonyl (C=S) groups is 1. The number of carbonyl (C=O) groups excluding carboxylic acids is 2. The van der Waals surface area contributed by atoms with Crippen molar-refractivity contribution >= 4 is 67.9 Å². The SMILES string of the molecule is COC(=O)COc1ccc(Br)cc1/C=C1\SC(=S)N(c2ccc(C)cc2C)C1=O. The van der Waals surface area contributed by atoms with Gasteiger partial charge in [-0.3, -0.25) is 9.69 Å². The Balaban J connectivity index is 1.93. The van der Waals surface area contributed by atoms with Crippen LogP contribution in [0.3, 0.4) is 0 Å². The van der Waals surface area contributed by atoms with E-state index >= 15 is 0 Å². The first-order valence-electron chi connectivity index (χ1n) is 8.64. The highest BCUT2D eigenvalue weighted by molar-refractivity contribution is 9.10. The molecule has 0 aliphatic carbocycles. The van der Waals surface area contributed by atoms with Crippen LogP contribution in [0.25, 0.3) is 6.08 Å². The summed E-state index contributed by atoms with van der Waals surface area (Å²) in [6.45, 7) is 3.74. The van der Waals surface area contributed by atoms with Gasteiger partial charge in [0.25, 0.3) is 5.91 Å². The smallest absolute Gasteiger partial charge is 0.343 e. The van der Waals surface area contributed by atoms with E-state index in [1.807, 2.05) is 38.1 Å². The maximum atomic E-state index is 13.1. The number of thioether (sulfide) groups is 1. The molecule has 1 saturated heterocycles. The van der Waals surface area contributed by atoms with Crippen molar-refractivity contribution in [1.82, 2.24) is 0 Å². The lowest BCUT2D eigenvalue weighted by atomic mass is 10.1. The van der Waals surface area contributed by atoms with Gasteiger partial charge in [0.15, 0.2) is 10.9 Å². The van der Waals surface area contributed by atoms with Crippen LogP contribution < -0.4 is 9.64 Å². The third-order valence-electron chi connectivity index (χ3n) is 4.22. The van der Waals surface area contributed by atoms with Crippen LogP contribution in [0.2, 0.25) is 0 Å². The van der Waals surface area contributed by atoms with E-state index in [9.17, 15) is 9.59 Å². The van der Waals surface area contributed by atoms with Gasteiger partial charge >= 0.3 is 5.97 Å². The van der Waals surface area contributed by atoms with E-state index in [0.717, 1.165) is 21.3 Å². The number of benzene rings is 2. The van der Waals surface area contributed by atoms with Crippen LogP contribution >= 0.6 is 39.9 Å². The first-order valence-corrected chi connectivity index (χ1v) is 10.7. The number of nitrogens with zero attached hydrogens (tertiary/aromatic N) is 1. The van der Waals surface area contributed by atoms with Crippen LogP contribution in [0.15, 0.2) is 45.8 Å². The molecule has 8 heteroatoms. The second-order valence-electron chi connectivity index (χ2n) is 6.35. The third kappa shape index (κ3) is 4.88. The van der Waals surface area contributed by atoms with Crippen molar-refractivity contribution in [3.8, 4) is 5.75 Å². The zero-order chi connectivity index (χ0) is 21.1. The van der Waals surface area contributed by atoms with E-state index in [4.69, 9.17) is 17.0 Å². The van der Waals surface area contributed by atoms with Crippen LogP contribution in [-0.2, 0) is 14.3 Å². The number of amides is 1. The highest BCUT2D eigenvalue weighted by atomic mass is 79.9. The van der Waals surface area contributed by atoms with E-state index in [1.165, 1.54) is 18.9 Å². The molecule has 2 aromatic carbocycles. The average Bonchev–Trinajstić information content (AvgIpc) is 2.94. The monoisotopic (exact) mass is 491 g/mol. The first kappa shape index (κ1) is 21.5. The lowest BCUT2D eigenvalue weighted by molar-refractivity contribution is -0.142. The molecule has 150 valence electrons. The minimum Gasteiger partial charge on any atom is -0.481 e. The number of aryl methyl sites for hydroxylation is 2. The quantitative estimate of drug-likeness (QED) is 0.332. The average molecular weight is 492 g/mol. The molecule has 0 unspecified atom stereocenters. The Morgan fingerprint density at radius 1 is 1.24 bits per heavy atom. The van der Waals surface area contributed by atoms with Gasteiger partial charge in [-0.25, -0.2) is 4.79 Å². The fourth-order valence-corrected chi connectivity index (χ4v) is 4.49. The molecule has 1 aliphatic heterocycles. The zero-order valence-electron chi connectivity index (χ0n) is 16.0. The minimum atomic E-state index is -0.486. The van der Waals surface area contributed by atoms with Crippen molar-refractivity contribution in [2.24, 2.45) is 0 Å². The molecule has 1 fully saturated rings. The van der Waals surface area contributed by atoms with Gasteiger partial charge in [-0.05, 0) is 49.8 Å². The van der Waals surface area contributed by atoms with Gasteiger partial charge in [0.2, 0.25) is 0 Å². The predicted octanol–water partition coefficient (Wildman–Crippen LogP) is 5.02. The predicted molar refractivity (Wildman–Crippen MR) is 123 cm³/mol. The zero-order valence-corrected chi connectivity index (χ0v) is 19.2. The molecule has 29 heavy (non-hydrogen) atoms. The summed E-state index contributed by atoms with van der Waals surface area (Å²) < 4.78 is 11.5. The van der Waals surface area contributed by atoms with Crippen molar-refractivity contribution in [2.45, 2.75) is 13.8 Å². The fourth-order valence-electron chi connectivity index (χ4n) is 2.83. The van der Waals surface area contributed by atoms with Gasteiger partial charge in [0, 0.05) is 10.0 Å². The first-order chi connectivity index (χ1) is 13.8. The van der Waals surface area contributed by atoms with Crippen molar-refractivity contribution in [2.75, 3.05) is 18.6 Å². The molecule has 5 nitrogen and oxygen atoms in total. The molecular weight excluding hydrogens is 474 g/mol. The van der Waals surface area contributed by atoms with Gasteiger partial charge in [-0.1, -0.05) is 57.6 Å². The molecule has 0 radical (unpaired) electrons. The second-order valence-corrected chi connectivity index (χ2v) is 8.95. The lowest BCUT2D eigenvalue weighted by Gasteiger charge is -2.17. The molecule has 1 aliphatic rings.